The van der Waals surface area contributed by atoms with Gasteiger partial charge in [-0.1, -0.05) is 24.3 Å². The van der Waals surface area contributed by atoms with Crippen molar-refractivity contribution in [2.45, 2.75) is 6.92 Å². The fraction of sp³-hybridized carbons (Fsp3) is 0.0588. The van der Waals surface area contributed by atoms with E-state index in [1.54, 1.807) is 6.08 Å². The van der Waals surface area contributed by atoms with Crippen LogP contribution in [0.15, 0.2) is 57.6 Å². The van der Waals surface area contributed by atoms with E-state index in [0.717, 1.165) is 24.7 Å². The van der Waals surface area contributed by atoms with E-state index >= 15 is 0 Å². The molecule has 0 unspecified atom stereocenters. The highest BCUT2D eigenvalue weighted by Gasteiger charge is 2.24. The summed E-state index contributed by atoms with van der Waals surface area (Å²) in [5.41, 5.74) is 3.14. The first-order valence-electron chi connectivity index (χ1n) is 6.58. The maximum atomic E-state index is 12.0. The molecule has 110 valence electrons. The molecule has 0 aromatic heterocycles. The van der Waals surface area contributed by atoms with E-state index in [4.69, 9.17) is 4.74 Å². The second-order valence-corrected chi connectivity index (χ2v) is 6.84. The van der Waals surface area contributed by atoms with Crippen LogP contribution in [0.2, 0.25) is 0 Å². The monoisotopic (exact) mass is 467 g/mol. The van der Waals surface area contributed by atoms with E-state index in [-0.39, 0.29) is 0 Å². The van der Waals surface area contributed by atoms with Gasteiger partial charge in [0.05, 0.1) is 0 Å². The Morgan fingerprint density at radius 3 is 2.73 bits per heavy atom. The predicted octanol–water partition coefficient (Wildman–Crippen LogP) is 4.71. The van der Waals surface area contributed by atoms with Crippen LogP contribution in [0, 0.1) is 10.5 Å². The number of carbonyl (C=O) groups is 1. The van der Waals surface area contributed by atoms with Crippen molar-refractivity contribution in [2.24, 2.45) is 4.99 Å². The van der Waals surface area contributed by atoms with Gasteiger partial charge < -0.3 is 4.74 Å². The van der Waals surface area contributed by atoms with Crippen LogP contribution in [-0.2, 0) is 9.53 Å². The van der Waals surface area contributed by atoms with Gasteiger partial charge in [0.15, 0.2) is 5.70 Å². The Kier molecular flexibility index (Phi) is 4.44. The quantitative estimate of drug-likeness (QED) is 0.364. The summed E-state index contributed by atoms with van der Waals surface area (Å²) in [6.07, 6.45) is 1.76. The third kappa shape index (κ3) is 3.15. The lowest BCUT2D eigenvalue weighted by Crippen LogP contribution is -2.05. The SMILES string of the molecule is Cc1ccccc1/C=C1\N=C(c2ccc(I)c(Br)c2)OC1=O. The van der Waals surface area contributed by atoms with Crippen molar-refractivity contribution in [1.29, 1.82) is 0 Å². The van der Waals surface area contributed by atoms with Crippen molar-refractivity contribution < 1.29 is 9.53 Å². The van der Waals surface area contributed by atoms with Gasteiger partial charge in [0.1, 0.15) is 0 Å². The first kappa shape index (κ1) is 15.4. The number of ether oxygens (including phenoxy) is 1. The molecule has 0 spiro atoms. The number of nitrogens with zero attached hydrogens (tertiary/aromatic N) is 1. The standard InChI is InChI=1S/C17H11BrINO2/c1-10-4-2-3-5-11(10)9-15-17(21)22-16(20-15)12-6-7-14(19)13(18)8-12/h2-9H,1H3/b15-9-. The summed E-state index contributed by atoms with van der Waals surface area (Å²) in [5, 5.41) is 0. The van der Waals surface area contributed by atoms with Gasteiger partial charge in [0, 0.05) is 13.6 Å². The molecule has 1 aliphatic rings. The van der Waals surface area contributed by atoms with E-state index < -0.39 is 5.97 Å². The molecule has 0 atom stereocenters. The Balaban J connectivity index is 1.98. The van der Waals surface area contributed by atoms with E-state index in [0.29, 0.717) is 11.6 Å². The number of aryl methyl sites for hydroxylation is 1. The number of hydrogen-bond donors (Lipinski definition) is 0. The van der Waals surface area contributed by atoms with Crippen molar-refractivity contribution in [3.63, 3.8) is 0 Å². The van der Waals surface area contributed by atoms with Crippen molar-refractivity contribution in [2.75, 3.05) is 0 Å². The molecule has 3 nitrogen and oxygen atoms in total. The summed E-state index contributed by atoms with van der Waals surface area (Å²) >= 11 is 5.69. The molecule has 0 amide bonds. The maximum absolute atomic E-state index is 12.0. The molecule has 22 heavy (non-hydrogen) atoms. The lowest BCUT2D eigenvalue weighted by Gasteiger charge is -2.01. The summed E-state index contributed by atoms with van der Waals surface area (Å²) < 4.78 is 7.32. The van der Waals surface area contributed by atoms with Gasteiger partial charge in [-0.25, -0.2) is 9.79 Å². The Morgan fingerprint density at radius 1 is 1.23 bits per heavy atom. The van der Waals surface area contributed by atoms with Crippen molar-refractivity contribution in [3.8, 4) is 0 Å². The Morgan fingerprint density at radius 2 is 2.00 bits per heavy atom. The zero-order chi connectivity index (χ0) is 15.7. The van der Waals surface area contributed by atoms with Crippen LogP contribution < -0.4 is 0 Å². The maximum Gasteiger partial charge on any atom is 0.363 e. The third-order valence-corrected chi connectivity index (χ3v) is 5.61. The number of cyclic esters (lactones) is 1. The fourth-order valence-electron chi connectivity index (χ4n) is 2.06. The van der Waals surface area contributed by atoms with Gasteiger partial charge in [-0.05, 0) is 80.8 Å². The minimum Gasteiger partial charge on any atom is -0.402 e. The molecule has 0 radical (unpaired) electrons. The van der Waals surface area contributed by atoms with Gasteiger partial charge in [0.25, 0.3) is 0 Å². The molecule has 5 heteroatoms. The topological polar surface area (TPSA) is 38.7 Å². The van der Waals surface area contributed by atoms with Gasteiger partial charge in [-0.3, -0.25) is 0 Å². The number of hydrogen-bond acceptors (Lipinski definition) is 3. The van der Waals surface area contributed by atoms with E-state index in [9.17, 15) is 4.79 Å². The summed E-state index contributed by atoms with van der Waals surface area (Å²) in [5.74, 6) is -0.0881. The van der Waals surface area contributed by atoms with Gasteiger partial charge in [-0.15, -0.1) is 0 Å². The molecule has 1 heterocycles. The van der Waals surface area contributed by atoms with Crippen molar-refractivity contribution in [3.05, 3.63) is 72.9 Å². The summed E-state index contributed by atoms with van der Waals surface area (Å²) in [4.78, 5) is 16.3. The van der Waals surface area contributed by atoms with Crippen LogP contribution in [0.3, 0.4) is 0 Å². The van der Waals surface area contributed by atoms with Crippen LogP contribution in [0.4, 0.5) is 0 Å². The van der Waals surface area contributed by atoms with Gasteiger partial charge in [-0.2, -0.15) is 0 Å². The molecule has 2 aromatic carbocycles. The number of carbonyl (C=O) groups excluding carboxylic acids is 1. The number of aliphatic imine (C=N–C) groups is 1. The number of esters is 1. The zero-order valence-electron chi connectivity index (χ0n) is 11.6. The molecule has 2 aromatic rings. The minimum absolute atomic E-state index is 0.318. The molecule has 0 fully saturated rings. The highest BCUT2D eigenvalue weighted by molar-refractivity contribution is 14.1. The van der Waals surface area contributed by atoms with Crippen LogP contribution in [0.5, 0.6) is 0 Å². The van der Waals surface area contributed by atoms with Gasteiger partial charge >= 0.3 is 5.97 Å². The van der Waals surface area contributed by atoms with Crippen molar-refractivity contribution >= 4 is 56.5 Å². The number of halogens is 2. The van der Waals surface area contributed by atoms with Crippen LogP contribution in [0.25, 0.3) is 6.08 Å². The summed E-state index contributed by atoms with van der Waals surface area (Å²) in [6, 6.07) is 13.6. The molecule has 0 saturated heterocycles. The van der Waals surface area contributed by atoms with E-state index in [1.165, 1.54) is 0 Å². The summed E-state index contributed by atoms with van der Waals surface area (Å²) in [7, 11) is 0. The number of rotatable bonds is 2. The Hall–Kier alpha value is -1.47. The van der Waals surface area contributed by atoms with Crippen LogP contribution >= 0.6 is 38.5 Å². The largest absolute Gasteiger partial charge is 0.402 e. The molecule has 1 aliphatic heterocycles. The van der Waals surface area contributed by atoms with Crippen LogP contribution in [-0.4, -0.2) is 11.9 Å². The zero-order valence-corrected chi connectivity index (χ0v) is 15.4. The lowest BCUT2D eigenvalue weighted by molar-refractivity contribution is -0.129. The molecule has 3 rings (SSSR count). The normalized spacial score (nSPS) is 15.9. The molecule has 0 saturated carbocycles. The first-order valence-corrected chi connectivity index (χ1v) is 8.45. The second kappa shape index (κ2) is 6.34. The predicted molar refractivity (Wildman–Crippen MR) is 98.6 cm³/mol. The minimum atomic E-state index is -0.423. The molecule has 0 aliphatic carbocycles. The Labute approximate surface area is 150 Å². The molecule has 0 bridgehead atoms. The highest BCUT2D eigenvalue weighted by Crippen LogP contribution is 2.24. The molecular formula is C17H11BrINO2. The number of benzene rings is 2. The Bertz CT molecular complexity index is 827. The lowest BCUT2D eigenvalue weighted by atomic mass is 10.1. The average Bonchev–Trinajstić information content (AvgIpc) is 2.85. The second-order valence-electron chi connectivity index (χ2n) is 4.82. The van der Waals surface area contributed by atoms with E-state index in [1.807, 2.05) is 49.4 Å². The molecule has 0 N–H and O–H groups in total. The highest BCUT2D eigenvalue weighted by atomic mass is 127. The average molecular weight is 468 g/mol. The third-order valence-electron chi connectivity index (χ3n) is 3.27. The van der Waals surface area contributed by atoms with Crippen LogP contribution in [0.1, 0.15) is 16.7 Å². The fourth-order valence-corrected chi connectivity index (χ4v) is 2.77. The smallest absolute Gasteiger partial charge is 0.363 e. The summed E-state index contributed by atoms with van der Waals surface area (Å²) in [6.45, 7) is 1.99. The first-order chi connectivity index (χ1) is 10.5. The van der Waals surface area contributed by atoms with Gasteiger partial charge in [0.2, 0.25) is 5.90 Å². The molecular weight excluding hydrogens is 457 g/mol. The van der Waals surface area contributed by atoms with Crippen molar-refractivity contribution in [1.82, 2.24) is 0 Å². The van der Waals surface area contributed by atoms with E-state index in [2.05, 4.69) is 43.5 Å².